The highest BCUT2D eigenvalue weighted by molar-refractivity contribution is 5.98. The molecule has 0 saturated heterocycles. The number of fused-ring (bicyclic) bond motifs is 1. The zero-order valence-electron chi connectivity index (χ0n) is 19.1. The van der Waals surface area contributed by atoms with Gasteiger partial charge in [-0.2, -0.15) is 0 Å². The average Bonchev–Trinajstić information content (AvgIpc) is 2.77. The molecule has 0 bridgehead atoms. The Bertz CT molecular complexity index is 1250. The number of hydrogen-bond donors (Lipinski definition) is 2. The zero-order valence-corrected chi connectivity index (χ0v) is 19.1. The number of carbonyl (C=O) groups excluding carboxylic acids is 2. The standard InChI is InChI=1S/C26H28N4O3/c1-16(2)11-24(32)30-15-20-8-5-4-7-18(20)14-22(30)26(33)28-21-10-6-9-19(13-21)25-27-17(3)12-23(31)29-25/h4-10,12-13,16,22H,11,14-15H2,1-3H3,(H,28,33)(H,27,29,31). The van der Waals surface area contributed by atoms with Crippen molar-refractivity contribution in [1.29, 1.82) is 0 Å². The van der Waals surface area contributed by atoms with Gasteiger partial charge in [0.2, 0.25) is 11.8 Å². The van der Waals surface area contributed by atoms with Gasteiger partial charge in [-0.05, 0) is 36.1 Å². The number of carbonyl (C=O) groups is 2. The quantitative estimate of drug-likeness (QED) is 0.628. The summed E-state index contributed by atoms with van der Waals surface area (Å²) in [5.74, 6) is 0.398. The van der Waals surface area contributed by atoms with Crippen LogP contribution in [0.2, 0.25) is 0 Å². The molecule has 1 aliphatic rings. The second-order valence-electron chi connectivity index (χ2n) is 8.91. The number of rotatable bonds is 5. The fraction of sp³-hybridized carbons (Fsp3) is 0.308. The molecule has 0 fully saturated rings. The molecule has 7 heteroatoms. The van der Waals surface area contributed by atoms with Gasteiger partial charge in [0.05, 0.1) is 0 Å². The third-order valence-corrected chi connectivity index (χ3v) is 5.73. The molecule has 170 valence electrons. The lowest BCUT2D eigenvalue weighted by atomic mass is 9.92. The van der Waals surface area contributed by atoms with Gasteiger partial charge in [0.1, 0.15) is 11.9 Å². The van der Waals surface area contributed by atoms with Gasteiger partial charge in [0.25, 0.3) is 5.56 Å². The largest absolute Gasteiger partial charge is 0.326 e. The number of nitrogens with one attached hydrogen (secondary N) is 2. The summed E-state index contributed by atoms with van der Waals surface area (Å²) >= 11 is 0. The normalized spacial score (nSPS) is 15.3. The first-order valence-electron chi connectivity index (χ1n) is 11.2. The van der Waals surface area contributed by atoms with E-state index < -0.39 is 6.04 Å². The Morgan fingerprint density at radius 3 is 2.61 bits per heavy atom. The number of aryl methyl sites for hydroxylation is 1. The minimum atomic E-state index is -0.591. The Morgan fingerprint density at radius 2 is 1.88 bits per heavy atom. The van der Waals surface area contributed by atoms with Crippen LogP contribution in [-0.2, 0) is 22.6 Å². The molecule has 2 amide bonds. The van der Waals surface area contributed by atoms with E-state index in [-0.39, 0.29) is 23.3 Å². The van der Waals surface area contributed by atoms with Crippen molar-refractivity contribution in [2.45, 2.75) is 46.2 Å². The van der Waals surface area contributed by atoms with Crippen LogP contribution in [-0.4, -0.2) is 32.7 Å². The van der Waals surface area contributed by atoms with E-state index in [2.05, 4.69) is 15.3 Å². The van der Waals surface area contributed by atoms with Crippen molar-refractivity contribution in [3.63, 3.8) is 0 Å². The van der Waals surface area contributed by atoms with Crippen molar-refractivity contribution in [2.75, 3.05) is 5.32 Å². The molecule has 0 aliphatic carbocycles. The molecule has 0 spiro atoms. The molecule has 33 heavy (non-hydrogen) atoms. The van der Waals surface area contributed by atoms with Gasteiger partial charge >= 0.3 is 0 Å². The number of benzene rings is 2. The molecule has 2 heterocycles. The van der Waals surface area contributed by atoms with E-state index in [1.54, 1.807) is 30.0 Å². The van der Waals surface area contributed by atoms with Crippen LogP contribution in [0, 0.1) is 12.8 Å². The monoisotopic (exact) mass is 444 g/mol. The Kier molecular flexibility index (Phi) is 6.40. The molecule has 4 rings (SSSR count). The van der Waals surface area contributed by atoms with Crippen LogP contribution in [0.25, 0.3) is 11.4 Å². The predicted octanol–water partition coefficient (Wildman–Crippen LogP) is 3.68. The fourth-order valence-electron chi connectivity index (χ4n) is 4.17. The third-order valence-electron chi connectivity index (χ3n) is 5.73. The summed E-state index contributed by atoms with van der Waals surface area (Å²) in [5, 5.41) is 2.97. The first kappa shape index (κ1) is 22.5. The van der Waals surface area contributed by atoms with E-state index in [0.717, 1.165) is 11.1 Å². The van der Waals surface area contributed by atoms with E-state index in [0.29, 0.717) is 42.2 Å². The van der Waals surface area contributed by atoms with E-state index in [1.165, 1.54) is 6.07 Å². The second-order valence-corrected chi connectivity index (χ2v) is 8.91. The number of aromatic amines is 1. The molecule has 2 aromatic carbocycles. The summed E-state index contributed by atoms with van der Waals surface area (Å²) in [6.07, 6.45) is 0.867. The van der Waals surface area contributed by atoms with Crippen molar-refractivity contribution in [1.82, 2.24) is 14.9 Å². The summed E-state index contributed by atoms with van der Waals surface area (Å²) in [6, 6.07) is 16.0. The van der Waals surface area contributed by atoms with Crippen molar-refractivity contribution < 1.29 is 9.59 Å². The van der Waals surface area contributed by atoms with Gasteiger partial charge in [-0.25, -0.2) is 4.98 Å². The third kappa shape index (κ3) is 5.19. The van der Waals surface area contributed by atoms with Gasteiger partial charge in [-0.15, -0.1) is 0 Å². The van der Waals surface area contributed by atoms with E-state index in [1.807, 2.05) is 44.2 Å². The second kappa shape index (κ2) is 9.40. The molecule has 2 N–H and O–H groups in total. The maximum atomic E-state index is 13.4. The van der Waals surface area contributed by atoms with Crippen LogP contribution in [0.3, 0.4) is 0 Å². The molecular weight excluding hydrogens is 416 g/mol. The van der Waals surface area contributed by atoms with Crippen LogP contribution in [0.5, 0.6) is 0 Å². The van der Waals surface area contributed by atoms with Crippen LogP contribution in [0.15, 0.2) is 59.4 Å². The number of anilines is 1. The Labute approximate surface area is 192 Å². The highest BCUT2D eigenvalue weighted by atomic mass is 16.2. The van der Waals surface area contributed by atoms with Gasteiger partial charge in [-0.1, -0.05) is 50.2 Å². The lowest BCUT2D eigenvalue weighted by Gasteiger charge is -2.36. The minimum absolute atomic E-state index is 0.0186. The Morgan fingerprint density at radius 1 is 1.12 bits per heavy atom. The van der Waals surface area contributed by atoms with Crippen molar-refractivity contribution in [3.8, 4) is 11.4 Å². The lowest BCUT2D eigenvalue weighted by Crippen LogP contribution is -2.50. The number of H-pyrrole nitrogens is 1. The first-order chi connectivity index (χ1) is 15.8. The molecule has 0 saturated carbocycles. The molecule has 1 aromatic heterocycles. The number of hydrogen-bond acceptors (Lipinski definition) is 4. The molecule has 1 unspecified atom stereocenters. The number of amides is 2. The Balaban J connectivity index is 1.59. The summed E-state index contributed by atoms with van der Waals surface area (Å²) < 4.78 is 0. The molecular formula is C26H28N4O3. The molecule has 3 aromatic rings. The maximum absolute atomic E-state index is 13.4. The molecule has 0 radical (unpaired) electrons. The van der Waals surface area contributed by atoms with Crippen molar-refractivity contribution in [2.24, 2.45) is 5.92 Å². The topological polar surface area (TPSA) is 95.2 Å². The number of nitrogens with zero attached hydrogens (tertiary/aromatic N) is 2. The van der Waals surface area contributed by atoms with Crippen LogP contribution in [0.4, 0.5) is 5.69 Å². The summed E-state index contributed by atoms with van der Waals surface area (Å²) in [4.78, 5) is 47.0. The van der Waals surface area contributed by atoms with Crippen molar-refractivity contribution in [3.05, 3.63) is 81.8 Å². The maximum Gasteiger partial charge on any atom is 0.251 e. The van der Waals surface area contributed by atoms with Gasteiger partial charge < -0.3 is 15.2 Å². The summed E-state index contributed by atoms with van der Waals surface area (Å²) in [6.45, 7) is 6.18. The van der Waals surface area contributed by atoms with Crippen molar-refractivity contribution >= 4 is 17.5 Å². The van der Waals surface area contributed by atoms with E-state index >= 15 is 0 Å². The summed E-state index contributed by atoms with van der Waals surface area (Å²) in [7, 11) is 0. The van der Waals surface area contributed by atoms with Gasteiger partial charge in [-0.3, -0.25) is 14.4 Å². The van der Waals surface area contributed by atoms with E-state index in [9.17, 15) is 14.4 Å². The average molecular weight is 445 g/mol. The predicted molar refractivity (Wildman–Crippen MR) is 128 cm³/mol. The molecule has 7 nitrogen and oxygen atoms in total. The zero-order chi connectivity index (χ0) is 23.5. The summed E-state index contributed by atoms with van der Waals surface area (Å²) in [5.41, 5.74) is 3.82. The lowest BCUT2D eigenvalue weighted by molar-refractivity contribution is -0.140. The number of aromatic nitrogens is 2. The molecule has 1 aliphatic heterocycles. The fourth-order valence-corrected chi connectivity index (χ4v) is 4.17. The minimum Gasteiger partial charge on any atom is -0.326 e. The molecule has 1 atom stereocenters. The SMILES string of the molecule is Cc1cc(=O)[nH]c(-c2cccc(NC(=O)C3Cc4ccccc4CN3C(=O)CC(C)C)c2)n1. The van der Waals surface area contributed by atoms with E-state index in [4.69, 9.17) is 0 Å². The van der Waals surface area contributed by atoms with Crippen LogP contribution in [0.1, 0.15) is 37.1 Å². The highest BCUT2D eigenvalue weighted by Gasteiger charge is 2.34. The Hall–Kier alpha value is -3.74. The first-order valence-corrected chi connectivity index (χ1v) is 11.2. The van der Waals surface area contributed by atoms with Gasteiger partial charge in [0.15, 0.2) is 0 Å². The highest BCUT2D eigenvalue weighted by Crippen LogP contribution is 2.26. The smallest absolute Gasteiger partial charge is 0.251 e. The van der Waals surface area contributed by atoms with Crippen LogP contribution >= 0.6 is 0 Å². The van der Waals surface area contributed by atoms with Crippen LogP contribution < -0.4 is 10.9 Å². The van der Waals surface area contributed by atoms with Gasteiger partial charge in [0, 0.05) is 42.4 Å².